The smallest absolute Gasteiger partial charge is 0.191 e. The molecule has 0 unspecified atom stereocenters. The standard InChI is InChI=1S/C19H28N4OS/c1-4-6-10-24-16-9-7-8-15(11-16)12-22-19(20-3)23-14-18-21-13-17(5-2)25-18/h7-9,11,13H,4-6,10,12,14H2,1-3H3,(H2,20,22,23). The summed E-state index contributed by atoms with van der Waals surface area (Å²) >= 11 is 1.74. The fraction of sp³-hybridized carbons (Fsp3) is 0.474. The zero-order valence-corrected chi connectivity index (χ0v) is 16.2. The van der Waals surface area contributed by atoms with Gasteiger partial charge in [0.05, 0.1) is 13.2 Å². The van der Waals surface area contributed by atoms with Gasteiger partial charge in [0.15, 0.2) is 5.96 Å². The SMILES string of the molecule is CCCCOc1cccc(CNC(=NC)NCc2ncc(CC)s2)c1. The Hall–Kier alpha value is -2.08. The minimum Gasteiger partial charge on any atom is -0.494 e. The summed E-state index contributed by atoms with van der Waals surface area (Å²) in [5, 5.41) is 7.71. The topological polar surface area (TPSA) is 58.5 Å². The van der Waals surface area contributed by atoms with Crippen LogP contribution in [0.5, 0.6) is 5.75 Å². The minimum atomic E-state index is 0.685. The van der Waals surface area contributed by atoms with Crippen LogP contribution in [-0.2, 0) is 19.5 Å². The van der Waals surface area contributed by atoms with Gasteiger partial charge in [0, 0.05) is 24.7 Å². The first-order valence-electron chi connectivity index (χ1n) is 8.85. The Morgan fingerprint density at radius 3 is 2.80 bits per heavy atom. The lowest BCUT2D eigenvalue weighted by molar-refractivity contribution is 0.309. The summed E-state index contributed by atoms with van der Waals surface area (Å²) in [6.07, 6.45) is 5.20. The maximum Gasteiger partial charge on any atom is 0.191 e. The van der Waals surface area contributed by atoms with Crippen LogP contribution in [0.25, 0.3) is 0 Å². The van der Waals surface area contributed by atoms with Crippen LogP contribution < -0.4 is 15.4 Å². The Bertz CT molecular complexity index is 669. The molecular formula is C19H28N4OS. The fourth-order valence-electron chi connectivity index (χ4n) is 2.24. The highest BCUT2D eigenvalue weighted by atomic mass is 32.1. The first kappa shape index (κ1) is 19.2. The number of hydrogen-bond donors (Lipinski definition) is 2. The number of rotatable bonds is 9. The summed E-state index contributed by atoms with van der Waals surface area (Å²) in [5.41, 5.74) is 1.17. The average molecular weight is 361 g/mol. The number of aromatic nitrogens is 1. The number of unbranched alkanes of at least 4 members (excludes halogenated alkanes) is 1. The van der Waals surface area contributed by atoms with Crippen molar-refractivity contribution in [3.05, 3.63) is 45.9 Å². The first-order chi connectivity index (χ1) is 12.2. The van der Waals surface area contributed by atoms with Gasteiger partial charge in [-0.25, -0.2) is 4.98 Å². The number of nitrogens with zero attached hydrogens (tertiary/aromatic N) is 2. The second-order valence-electron chi connectivity index (χ2n) is 5.70. The highest BCUT2D eigenvalue weighted by Crippen LogP contribution is 2.14. The van der Waals surface area contributed by atoms with Crippen LogP contribution >= 0.6 is 11.3 Å². The molecule has 5 nitrogen and oxygen atoms in total. The van der Waals surface area contributed by atoms with Crippen LogP contribution in [0.3, 0.4) is 0 Å². The summed E-state index contributed by atoms with van der Waals surface area (Å²) in [7, 11) is 1.78. The van der Waals surface area contributed by atoms with E-state index < -0.39 is 0 Å². The summed E-state index contributed by atoms with van der Waals surface area (Å²) < 4.78 is 5.76. The summed E-state index contributed by atoms with van der Waals surface area (Å²) in [6.45, 7) is 6.46. The van der Waals surface area contributed by atoms with E-state index in [2.05, 4.69) is 46.6 Å². The quantitative estimate of drug-likeness (QED) is 0.406. The van der Waals surface area contributed by atoms with Gasteiger partial charge in [-0.15, -0.1) is 11.3 Å². The normalized spacial score (nSPS) is 11.4. The van der Waals surface area contributed by atoms with Gasteiger partial charge < -0.3 is 15.4 Å². The molecule has 0 bridgehead atoms. The molecule has 1 heterocycles. The number of hydrogen-bond acceptors (Lipinski definition) is 4. The van der Waals surface area contributed by atoms with Gasteiger partial charge in [-0.3, -0.25) is 4.99 Å². The van der Waals surface area contributed by atoms with Crippen LogP contribution in [0.4, 0.5) is 0 Å². The molecule has 0 atom stereocenters. The van der Waals surface area contributed by atoms with Gasteiger partial charge in [-0.1, -0.05) is 32.4 Å². The van der Waals surface area contributed by atoms with E-state index in [4.69, 9.17) is 4.74 Å². The molecule has 2 aromatic rings. The average Bonchev–Trinajstić information content (AvgIpc) is 3.10. The molecule has 0 aliphatic heterocycles. The van der Waals surface area contributed by atoms with Gasteiger partial charge in [-0.2, -0.15) is 0 Å². The summed E-state index contributed by atoms with van der Waals surface area (Å²) in [5.74, 6) is 1.69. The highest BCUT2D eigenvalue weighted by molar-refractivity contribution is 7.11. The van der Waals surface area contributed by atoms with Crippen molar-refractivity contribution < 1.29 is 4.74 Å². The van der Waals surface area contributed by atoms with E-state index >= 15 is 0 Å². The fourth-order valence-corrected chi connectivity index (χ4v) is 3.04. The molecule has 1 aromatic carbocycles. The van der Waals surface area contributed by atoms with Gasteiger partial charge in [0.25, 0.3) is 0 Å². The van der Waals surface area contributed by atoms with Gasteiger partial charge in [0.1, 0.15) is 10.8 Å². The van der Waals surface area contributed by atoms with E-state index in [9.17, 15) is 0 Å². The van der Waals surface area contributed by atoms with E-state index in [1.165, 1.54) is 10.4 Å². The summed E-state index contributed by atoms with van der Waals surface area (Å²) in [6, 6.07) is 8.18. The Labute approximate surface area is 154 Å². The molecular weight excluding hydrogens is 332 g/mol. The third-order valence-electron chi connectivity index (χ3n) is 3.71. The van der Waals surface area contributed by atoms with Crippen molar-refractivity contribution in [2.75, 3.05) is 13.7 Å². The Morgan fingerprint density at radius 1 is 1.24 bits per heavy atom. The van der Waals surface area contributed by atoms with E-state index in [1.807, 2.05) is 18.3 Å². The van der Waals surface area contributed by atoms with E-state index in [0.717, 1.165) is 42.6 Å². The molecule has 2 N–H and O–H groups in total. The zero-order chi connectivity index (χ0) is 17.9. The molecule has 0 aliphatic carbocycles. The highest BCUT2D eigenvalue weighted by Gasteiger charge is 2.03. The van der Waals surface area contributed by atoms with Crippen LogP contribution in [0, 0.1) is 0 Å². The third kappa shape index (κ3) is 6.74. The molecule has 0 radical (unpaired) electrons. The number of aryl methyl sites for hydroxylation is 1. The second-order valence-corrected chi connectivity index (χ2v) is 6.90. The number of nitrogens with one attached hydrogen (secondary N) is 2. The molecule has 0 spiro atoms. The van der Waals surface area contributed by atoms with Crippen molar-refractivity contribution in [3.8, 4) is 5.75 Å². The van der Waals surface area contributed by atoms with E-state index in [0.29, 0.717) is 13.1 Å². The predicted octanol–water partition coefficient (Wildman–Crippen LogP) is 3.75. The van der Waals surface area contributed by atoms with Gasteiger partial charge >= 0.3 is 0 Å². The van der Waals surface area contributed by atoms with Crippen molar-refractivity contribution in [2.24, 2.45) is 4.99 Å². The number of thiazole rings is 1. The maximum absolute atomic E-state index is 5.76. The van der Waals surface area contributed by atoms with Crippen LogP contribution in [0.15, 0.2) is 35.5 Å². The predicted molar refractivity (Wildman–Crippen MR) is 105 cm³/mol. The number of guanidine groups is 1. The van der Waals surface area contributed by atoms with Gasteiger partial charge in [0.2, 0.25) is 0 Å². The van der Waals surface area contributed by atoms with Crippen molar-refractivity contribution in [2.45, 2.75) is 46.2 Å². The lowest BCUT2D eigenvalue weighted by Crippen LogP contribution is -2.36. The first-order valence-corrected chi connectivity index (χ1v) is 9.66. The van der Waals surface area contributed by atoms with E-state index in [1.54, 1.807) is 18.4 Å². The van der Waals surface area contributed by atoms with Gasteiger partial charge in [-0.05, 0) is 30.5 Å². The molecule has 25 heavy (non-hydrogen) atoms. The molecule has 1 aromatic heterocycles. The molecule has 0 aliphatic rings. The Balaban J connectivity index is 1.80. The molecule has 136 valence electrons. The minimum absolute atomic E-state index is 0.685. The third-order valence-corrected chi connectivity index (χ3v) is 4.85. The zero-order valence-electron chi connectivity index (χ0n) is 15.3. The van der Waals surface area contributed by atoms with Crippen molar-refractivity contribution in [3.63, 3.8) is 0 Å². The molecule has 0 amide bonds. The Morgan fingerprint density at radius 2 is 2.08 bits per heavy atom. The van der Waals surface area contributed by atoms with Crippen molar-refractivity contribution in [1.29, 1.82) is 0 Å². The second kappa shape index (κ2) is 10.7. The number of benzene rings is 1. The lowest BCUT2D eigenvalue weighted by Gasteiger charge is -2.12. The molecule has 2 rings (SSSR count). The number of aliphatic imine (C=N–C) groups is 1. The van der Waals surface area contributed by atoms with Crippen LogP contribution in [-0.4, -0.2) is 24.6 Å². The molecule has 0 saturated heterocycles. The summed E-state index contributed by atoms with van der Waals surface area (Å²) in [4.78, 5) is 9.99. The molecule has 6 heteroatoms. The maximum atomic E-state index is 5.76. The lowest BCUT2D eigenvalue weighted by atomic mass is 10.2. The van der Waals surface area contributed by atoms with Crippen molar-refractivity contribution >= 4 is 17.3 Å². The van der Waals surface area contributed by atoms with Crippen LogP contribution in [0.2, 0.25) is 0 Å². The molecule has 0 fully saturated rings. The van der Waals surface area contributed by atoms with E-state index in [-0.39, 0.29) is 0 Å². The number of ether oxygens (including phenoxy) is 1. The van der Waals surface area contributed by atoms with Crippen molar-refractivity contribution in [1.82, 2.24) is 15.6 Å². The molecule has 0 saturated carbocycles. The Kier molecular flexibility index (Phi) is 8.25. The monoisotopic (exact) mass is 360 g/mol. The van der Waals surface area contributed by atoms with Crippen LogP contribution in [0.1, 0.15) is 42.1 Å². The largest absolute Gasteiger partial charge is 0.494 e.